The number of halogens is 1. The van der Waals surface area contributed by atoms with Crippen LogP contribution in [0.1, 0.15) is 23.6 Å². The molecular formula is C26H21ClN2O3. The molecule has 0 bridgehead atoms. The van der Waals surface area contributed by atoms with Crippen molar-refractivity contribution >= 4 is 34.0 Å². The summed E-state index contributed by atoms with van der Waals surface area (Å²) in [6, 6.07) is 23.2. The zero-order valence-corrected chi connectivity index (χ0v) is 18.5. The SMILES string of the molecule is CCOc1ccc(/C(Cl)=C\C(=N/N=C2c3ccccc3-c3ccccc32)C(=O)OC)cc1. The first-order valence-corrected chi connectivity index (χ1v) is 10.5. The van der Waals surface area contributed by atoms with E-state index in [4.69, 9.17) is 21.1 Å². The molecule has 160 valence electrons. The topological polar surface area (TPSA) is 60.2 Å². The normalized spacial score (nSPS) is 12.8. The fraction of sp³-hybridized carbons (Fsp3) is 0.115. The van der Waals surface area contributed by atoms with Gasteiger partial charge in [-0.3, -0.25) is 0 Å². The number of rotatable bonds is 6. The molecule has 1 aliphatic carbocycles. The van der Waals surface area contributed by atoms with E-state index in [0.29, 0.717) is 17.4 Å². The van der Waals surface area contributed by atoms with Gasteiger partial charge in [0.05, 0.1) is 18.7 Å². The third-order valence-corrected chi connectivity index (χ3v) is 5.34. The van der Waals surface area contributed by atoms with Gasteiger partial charge in [-0.05, 0) is 54.0 Å². The van der Waals surface area contributed by atoms with Crippen LogP contribution >= 0.6 is 11.6 Å². The monoisotopic (exact) mass is 444 g/mol. The molecule has 0 atom stereocenters. The predicted octanol–water partition coefficient (Wildman–Crippen LogP) is 5.71. The Hall–Kier alpha value is -3.70. The Morgan fingerprint density at radius 3 is 2.00 bits per heavy atom. The molecule has 4 rings (SSSR count). The number of esters is 1. The molecule has 0 heterocycles. The van der Waals surface area contributed by atoms with E-state index in [1.165, 1.54) is 13.2 Å². The number of benzene rings is 3. The van der Waals surface area contributed by atoms with Crippen molar-refractivity contribution in [1.82, 2.24) is 0 Å². The maximum atomic E-state index is 12.4. The first-order valence-electron chi connectivity index (χ1n) is 10.2. The molecule has 3 aromatic rings. The third-order valence-electron chi connectivity index (χ3n) is 5.01. The fourth-order valence-corrected chi connectivity index (χ4v) is 3.75. The Morgan fingerprint density at radius 1 is 0.906 bits per heavy atom. The molecule has 0 saturated heterocycles. The Balaban J connectivity index is 1.73. The summed E-state index contributed by atoms with van der Waals surface area (Å²) in [5.41, 5.74) is 5.51. The molecule has 3 aromatic carbocycles. The summed E-state index contributed by atoms with van der Waals surface area (Å²) < 4.78 is 10.3. The van der Waals surface area contributed by atoms with Gasteiger partial charge in [-0.2, -0.15) is 0 Å². The number of ether oxygens (including phenoxy) is 2. The predicted molar refractivity (Wildman–Crippen MR) is 128 cm³/mol. The number of fused-ring (bicyclic) bond motifs is 3. The summed E-state index contributed by atoms with van der Waals surface area (Å²) in [6.45, 7) is 2.50. The molecule has 32 heavy (non-hydrogen) atoms. The van der Waals surface area contributed by atoms with Crippen molar-refractivity contribution in [2.45, 2.75) is 6.92 Å². The Morgan fingerprint density at radius 2 is 1.47 bits per heavy atom. The van der Waals surface area contributed by atoms with Gasteiger partial charge in [0, 0.05) is 11.1 Å². The van der Waals surface area contributed by atoms with Crippen LogP contribution in [0.15, 0.2) is 89.1 Å². The van der Waals surface area contributed by atoms with Crippen LogP contribution in [-0.2, 0) is 9.53 Å². The molecule has 1 aliphatic rings. The third kappa shape index (κ3) is 4.34. The molecule has 6 heteroatoms. The van der Waals surface area contributed by atoms with Gasteiger partial charge in [-0.1, -0.05) is 60.1 Å². The highest BCUT2D eigenvalue weighted by Gasteiger charge is 2.24. The highest BCUT2D eigenvalue weighted by Crippen LogP contribution is 2.36. The van der Waals surface area contributed by atoms with Crippen LogP contribution in [-0.4, -0.2) is 31.1 Å². The molecule has 0 radical (unpaired) electrons. The second-order valence-corrected chi connectivity index (χ2v) is 7.37. The highest BCUT2D eigenvalue weighted by molar-refractivity contribution is 6.54. The molecule has 0 aliphatic heterocycles. The van der Waals surface area contributed by atoms with E-state index in [2.05, 4.69) is 10.2 Å². The smallest absolute Gasteiger partial charge is 0.358 e. The second kappa shape index (κ2) is 9.62. The number of carbonyl (C=O) groups is 1. The molecular weight excluding hydrogens is 424 g/mol. The number of hydrogen-bond acceptors (Lipinski definition) is 5. The van der Waals surface area contributed by atoms with Gasteiger partial charge in [-0.15, -0.1) is 10.2 Å². The van der Waals surface area contributed by atoms with Gasteiger partial charge in [0.2, 0.25) is 0 Å². The molecule has 0 amide bonds. The zero-order chi connectivity index (χ0) is 22.5. The van der Waals surface area contributed by atoms with E-state index >= 15 is 0 Å². The quantitative estimate of drug-likeness (QED) is 0.217. The van der Waals surface area contributed by atoms with Crippen molar-refractivity contribution in [1.29, 1.82) is 0 Å². The van der Waals surface area contributed by atoms with E-state index in [1.54, 1.807) is 0 Å². The second-order valence-electron chi connectivity index (χ2n) is 6.97. The van der Waals surface area contributed by atoms with E-state index in [1.807, 2.05) is 79.7 Å². The minimum atomic E-state index is -0.627. The van der Waals surface area contributed by atoms with Crippen molar-refractivity contribution in [3.05, 3.63) is 95.6 Å². The molecule has 0 spiro atoms. The average molecular weight is 445 g/mol. The van der Waals surface area contributed by atoms with Crippen molar-refractivity contribution in [2.75, 3.05) is 13.7 Å². The van der Waals surface area contributed by atoms with Gasteiger partial charge in [0.15, 0.2) is 5.71 Å². The standard InChI is InChI=1S/C26H21ClN2O3/c1-3-32-18-14-12-17(13-15-18)23(27)16-24(26(30)31-2)28-29-25-21-10-6-4-8-19(21)20-9-5-7-11-22(20)25/h4-16H,3H2,1-2H3/b23-16+,28-24+. The number of nitrogens with zero attached hydrogens (tertiary/aromatic N) is 2. The number of carbonyl (C=O) groups excluding carboxylic acids is 1. The molecule has 0 unspecified atom stereocenters. The van der Waals surface area contributed by atoms with Crippen molar-refractivity contribution < 1.29 is 14.3 Å². The lowest BCUT2D eigenvalue weighted by atomic mass is 10.1. The van der Waals surface area contributed by atoms with Crippen LogP contribution in [0.5, 0.6) is 5.75 Å². The molecule has 0 saturated carbocycles. The van der Waals surface area contributed by atoms with Crippen LogP contribution in [0, 0.1) is 0 Å². The first-order chi connectivity index (χ1) is 15.6. The minimum Gasteiger partial charge on any atom is -0.494 e. The zero-order valence-electron chi connectivity index (χ0n) is 17.7. The highest BCUT2D eigenvalue weighted by atomic mass is 35.5. The fourth-order valence-electron chi connectivity index (χ4n) is 3.52. The Kier molecular flexibility index (Phi) is 6.47. The maximum Gasteiger partial charge on any atom is 0.358 e. The van der Waals surface area contributed by atoms with Crippen LogP contribution in [0.4, 0.5) is 0 Å². The van der Waals surface area contributed by atoms with Gasteiger partial charge in [-0.25, -0.2) is 4.79 Å². The van der Waals surface area contributed by atoms with Gasteiger partial charge >= 0.3 is 5.97 Å². The largest absolute Gasteiger partial charge is 0.494 e. The minimum absolute atomic E-state index is 0.000692. The maximum absolute atomic E-state index is 12.4. The number of methoxy groups -OCH3 is 1. The number of hydrogen-bond donors (Lipinski definition) is 0. The average Bonchev–Trinajstić information content (AvgIpc) is 3.15. The Labute approximate surface area is 191 Å². The molecule has 0 aromatic heterocycles. The lowest BCUT2D eigenvalue weighted by Crippen LogP contribution is -2.13. The molecule has 5 nitrogen and oxygen atoms in total. The molecule has 0 fully saturated rings. The van der Waals surface area contributed by atoms with Crippen LogP contribution in [0.25, 0.3) is 16.2 Å². The van der Waals surface area contributed by atoms with Crippen molar-refractivity contribution in [3.8, 4) is 16.9 Å². The molecule has 0 N–H and O–H groups in total. The van der Waals surface area contributed by atoms with Gasteiger partial charge < -0.3 is 9.47 Å². The van der Waals surface area contributed by atoms with Gasteiger partial charge in [0.1, 0.15) is 11.5 Å². The summed E-state index contributed by atoms with van der Waals surface area (Å²) in [7, 11) is 1.30. The van der Waals surface area contributed by atoms with Gasteiger partial charge in [0.25, 0.3) is 0 Å². The van der Waals surface area contributed by atoms with Crippen LogP contribution in [0.2, 0.25) is 0 Å². The summed E-state index contributed by atoms with van der Waals surface area (Å²) in [4.78, 5) is 12.4. The summed E-state index contributed by atoms with van der Waals surface area (Å²) in [5.74, 6) is 0.116. The summed E-state index contributed by atoms with van der Waals surface area (Å²) in [6.07, 6.45) is 1.46. The summed E-state index contributed by atoms with van der Waals surface area (Å²) >= 11 is 6.47. The van der Waals surface area contributed by atoms with Crippen molar-refractivity contribution in [3.63, 3.8) is 0 Å². The Bertz CT molecular complexity index is 1200. The first kappa shape index (κ1) is 21.5. The van der Waals surface area contributed by atoms with Crippen LogP contribution < -0.4 is 4.74 Å². The summed E-state index contributed by atoms with van der Waals surface area (Å²) in [5, 5.41) is 9.01. The van der Waals surface area contributed by atoms with E-state index < -0.39 is 5.97 Å². The van der Waals surface area contributed by atoms with E-state index in [0.717, 1.165) is 33.6 Å². The lowest BCUT2D eigenvalue weighted by Gasteiger charge is -2.05. The lowest BCUT2D eigenvalue weighted by molar-refractivity contribution is -0.132. The van der Waals surface area contributed by atoms with E-state index in [9.17, 15) is 4.79 Å². The van der Waals surface area contributed by atoms with Crippen LogP contribution in [0.3, 0.4) is 0 Å². The van der Waals surface area contributed by atoms with Crippen molar-refractivity contribution in [2.24, 2.45) is 10.2 Å². The van der Waals surface area contributed by atoms with E-state index in [-0.39, 0.29) is 5.71 Å².